The van der Waals surface area contributed by atoms with Crippen molar-refractivity contribution in [2.24, 2.45) is 0 Å². The fourth-order valence-electron chi connectivity index (χ4n) is 1.47. The van der Waals surface area contributed by atoms with Gasteiger partial charge in [0, 0.05) is 12.1 Å². The second-order valence-electron chi connectivity index (χ2n) is 3.13. The van der Waals surface area contributed by atoms with Gasteiger partial charge in [-0.2, -0.15) is 0 Å². The Balaban J connectivity index is 3.33. The van der Waals surface area contributed by atoms with Gasteiger partial charge in [-0.1, -0.05) is 11.6 Å². The van der Waals surface area contributed by atoms with Gasteiger partial charge in [0.05, 0.1) is 19.3 Å². The molecule has 0 aromatic heterocycles. The molecule has 0 atom stereocenters. The van der Waals surface area contributed by atoms with E-state index in [1.54, 1.807) is 19.2 Å². The molecule has 0 aliphatic heterocycles. The van der Waals surface area contributed by atoms with Crippen LogP contribution in [0, 0.1) is 0 Å². The summed E-state index contributed by atoms with van der Waals surface area (Å²) in [6, 6.07) is 3.34. The van der Waals surface area contributed by atoms with E-state index in [9.17, 15) is 4.79 Å². The summed E-state index contributed by atoms with van der Waals surface area (Å²) in [5.41, 5.74) is 1.28. The minimum atomic E-state index is -0.0597. The molecule has 0 unspecified atom stereocenters. The Labute approximate surface area is 93.9 Å². The van der Waals surface area contributed by atoms with Gasteiger partial charge in [-0.25, -0.2) is 0 Å². The molecule has 0 saturated carbocycles. The van der Waals surface area contributed by atoms with E-state index in [2.05, 4.69) is 0 Å². The van der Waals surface area contributed by atoms with Crippen molar-refractivity contribution in [2.45, 2.75) is 13.5 Å². The van der Waals surface area contributed by atoms with Gasteiger partial charge in [-0.3, -0.25) is 4.79 Å². The van der Waals surface area contributed by atoms with Gasteiger partial charge < -0.3 is 9.47 Å². The number of carbonyl (C=O) groups excluding carboxylic acids is 1. The minimum absolute atomic E-state index is 0.0597. The fourth-order valence-corrected chi connectivity index (χ4v) is 1.70. The smallest absolute Gasteiger partial charge is 0.163 e. The standard InChI is InChI=1S/C11H13ClO3/c1-7(13)11-8(6-14-2)4-9(12)5-10(11)15-3/h4-5H,6H2,1-3H3. The molecule has 3 nitrogen and oxygen atoms in total. The van der Waals surface area contributed by atoms with Gasteiger partial charge in [0.2, 0.25) is 0 Å². The van der Waals surface area contributed by atoms with Crippen LogP contribution in [-0.2, 0) is 11.3 Å². The third-order valence-corrected chi connectivity index (χ3v) is 2.24. The molecule has 0 aliphatic carbocycles. The van der Waals surface area contributed by atoms with Crippen LogP contribution in [0.1, 0.15) is 22.8 Å². The maximum atomic E-state index is 11.5. The van der Waals surface area contributed by atoms with Crippen molar-refractivity contribution >= 4 is 17.4 Å². The Kier molecular flexibility index (Phi) is 4.12. The lowest BCUT2D eigenvalue weighted by Gasteiger charge is -2.11. The fraction of sp³-hybridized carbons (Fsp3) is 0.364. The zero-order valence-corrected chi connectivity index (χ0v) is 9.72. The van der Waals surface area contributed by atoms with Crippen molar-refractivity contribution in [2.75, 3.05) is 14.2 Å². The van der Waals surface area contributed by atoms with Crippen molar-refractivity contribution in [1.82, 2.24) is 0 Å². The number of hydrogen-bond donors (Lipinski definition) is 0. The van der Waals surface area contributed by atoms with Crippen LogP contribution in [0.2, 0.25) is 5.02 Å². The number of ether oxygens (including phenoxy) is 2. The molecule has 0 heterocycles. The van der Waals surface area contributed by atoms with Gasteiger partial charge in [0.25, 0.3) is 0 Å². The number of benzene rings is 1. The van der Waals surface area contributed by atoms with E-state index in [1.165, 1.54) is 14.0 Å². The van der Waals surface area contributed by atoms with Crippen LogP contribution in [0.15, 0.2) is 12.1 Å². The minimum Gasteiger partial charge on any atom is -0.496 e. The number of methoxy groups -OCH3 is 2. The average molecular weight is 229 g/mol. The Bertz CT molecular complexity index is 374. The van der Waals surface area contributed by atoms with Gasteiger partial charge >= 0.3 is 0 Å². The number of Topliss-reactive ketones (excluding diaryl/α,β-unsaturated/α-hetero) is 1. The first-order valence-corrected chi connectivity index (χ1v) is 4.84. The molecule has 1 aromatic carbocycles. The SMILES string of the molecule is COCc1cc(Cl)cc(OC)c1C(C)=O. The lowest BCUT2D eigenvalue weighted by molar-refractivity contribution is 0.100. The summed E-state index contributed by atoms with van der Waals surface area (Å²) in [5, 5.41) is 0.531. The molecule has 0 radical (unpaired) electrons. The van der Waals surface area contributed by atoms with Crippen molar-refractivity contribution in [3.8, 4) is 5.75 Å². The molecule has 82 valence electrons. The van der Waals surface area contributed by atoms with Crippen LogP contribution in [0.4, 0.5) is 0 Å². The largest absolute Gasteiger partial charge is 0.496 e. The maximum Gasteiger partial charge on any atom is 0.163 e. The number of carbonyl (C=O) groups is 1. The molecule has 1 rings (SSSR count). The van der Waals surface area contributed by atoms with Crippen LogP contribution in [-0.4, -0.2) is 20.0 Å². The Hall–Kier alpha value is -1.06. The summed E-state index contributed by atoms with van der Waals surface area (Å²) in [4.78, 5) is 11.5. The highest BCUT2D eigenvalue weighted by molar-refractivity contribution is 6.31. The number of ketones is 1. The van der Waals surface area contributed by atoms with Crippen LogP contribution < -0.4 is 4.74 Å². The highest BCUT2D eigenvalue weighted by atomic mass is 35.5. The predicted octanol–water partition coefficient (Wildman–Crippen LogP) is 2.70. The monoisotopic (exact) mass is 228 g/mol. The molecule has 0 bridgehead atoms. The van der Waals surface area contributed by atoms with Crippen molar-refractivity contribution in [3.63, 3.8) is 0 Å². The second-order valence-corrected chi connectivity index (χ2v) is 3.57. The van der Waals surface area contributed by atoms with E-state index in [-0.39, 0.29) is 5.78 Å². The maximum absolute atomic E-state index is 11.5. The van der Waals surface area contributed by atoms with Gasteiger partial charge in [-0.05, 0) is 24.6 Å². The van der Waals surface area contributed by atoms with E-state index < -0.39 is 0 Å². The Morgan fingerprint density at radius 3 is 2.53 bits per heavy atom. The first-order chi connectivity index (χ1) is 7.10. The molecule has 15 heavy (non-hydrogen) atoms. The molecule has 1 aromatic rings. The third kappa shape index (κ3) is 2.70. The highest BCUT2D eigenvalue weighted by Crippen LogP contribution is 2.28. The number of halogens is 1. The predicted molar refractivity (Wildman–Crippen MR) is 58.7 cm³/mol. The van der Waals surface area contributed by atoms with E-state index in [0.29, 0.717) is 22.9 Å². The summed E-state index contributed by atoms with van der Waals surface area (Å²) in [7, 11) is 3.08. The normalized spacial score (nSPS) is 10.1. The summed E-state index contributed by atoms with van der Waals surface area (Å²) >= 11 is 5.89. The van der Waals surface area contributed by atoms with Gasteiger partial charge in [-0.15, -0.1) is 0 Å². The lowest BCUT2D eigenvalue weighted by atomic mass is 10.0. The highest BCUT2D eigenvalue weighted by Gasteiger charge is 2.14. The summed E-state index contributed by atoms with van der Waals surface area (Å²) < 4.78 is 10.1. The topological polar surface area (TPSA) is 35.5 Å². The van der Waals surface area contributed by atoms with Crippen molar-refractivity contribution in [1.29, 1.82) is 0 Å². The van der Waals surface area contributed by atoms with Crippen LogP contribution in [0.3, 0.4) is 0 Å². The summed E-state index contributed by atoms with van der Waals surface area (Å²) in [6.07, 6.45) is 0. The van der Waals surface area contributed by atoms with E-state index in [0.717, 1.165) is 5.56 Å². The van der Waals surface area contributed by atoms with E-state index >= 15 is 0 Å². The lowest BCUT2D eigenvalue weighted by Crippen LogP contribution is -2.04. The van der Waals surface area contributed by atoms with E-state index in [1.807, 2.05) is 0 Å². The molecule has 0 spiro atoms. The van der Waals surface area contributed by atoms with Crippen molar-refractivity contribution in [3.05, 3.63) is 28.3 Å². The van der Waals surface area contributed by atoms with Gasteiger partial charge in [0.15, 0.2) is 5.78 Å². The van der Waals surface area contributed by atoms with Crippen LogP contribution >= 0.6 is 11.6 Å². The quantitative estimate of drug-likeness (QED) is 0.744. The molecular formula is C11H13ClO3. The molecule has 0 N–H and O–H groups in total. The van der Waals surface area contributed by atoms with Crippen molar-refractivity contribution < 1.29 is 14.3 Å². The van der Waals surface area contributed by atoms with Gasteiger partial charge in [0.1, 0.15) is 5.75 Å². The first-order valence-electron chi connectivity index (χ1n) is 4.46. The zero-order valence-electron chi connectivity index (χ0n) is 8.96. The number of rotatable bonds is 4. The molecule has 0 amide bonds. The van der Waals surface area contributed by atoms with E-state index in [4.69, 9.17) is 21.1 Å². The third-order valence-electron chi connectivity index (χ3n) is 2.02. The molecule has 0 saturated heterocycles. The Morgan fingerprint density at radius 1 is 1.40 bits per heavy atom. The second kappa shape index (κ2) is 5.14. The van der Waals surface area contributed by atoms with Crippen LogP contribution in [0.25, 0.3) is 0 Å². The number of hydrogen-bond acceptors (Lipinski definition) is 3. The average Bonchev–Trinajstić information content (AvgIpc) is 2.16. The molecule has 0 fully saturated rings. The van der Waals surface area contributed by atoms with Crippen LogP contribution in [0.5, 0.6) is 5.75 Å². The molecule has 4 heteroatoms. The zero-order chi connectivity index (χ0) is 11.4. The summed E-state index contributed by atoms with van der Waals surface area (Å²) in [5.74, 6) is 0.428. The first kappa shape index (κ1) is 12.0. The summed E-state index contributed by atoms with van der Waals surface area (Å²) in [6.45, 7) is 1.83. The Morgan fingerprint density at radius 2 is 2.07 bits per heavy atom. The molecule has 0 aliphatic rings. The molecular weight excluding hydrogens is 216 g/mol.